The van der Waals surface area contributed by atoms with Gasteiger partial charge in [-0.05, 0) is 63.1 Å². The van der Waals surface area contributed by atoms with Crippen LogP contribution in [0.2, 0.25) is 0 Å². The first kappa shape index (κ1) is 14.0. The Morgan fingerprint density at radius 1 is 1.26 bits per heavy atom. The molecule has 0 unspecified atom stereocenters. The van der Waals surface area contributed by atoms with Gasteiger partial charge in [0.25, 0.3) is 0 Å². The van der Waals surface area contributed by atoms with Crippen LogP contribution in [0.15, 0.2) is 24.5 Å². The van der Waals surface area contributed by atoms with E-state index in [-0.39, 0.29) is 11.8 Å². The molecular weight excluding hydrogens is 238 g/mol. The molecule has 19 heavy (non-hydrogen) atoms. The maximum Gasteiger partial charge on any atom is 0.227 e. The van der Waals surface area contributed by atoms with Gasteiger partial charge < -0.3 is 11.1 Å². The van der Waals surface area contributed by atoms with E-state index < -0.39 is 0 Å². The maximum atomic E-state index is 12.1. The minimum absolute atomic E-state index is 0.156. The number of carbonyl (C=O) groups is 1. The highest BCUT2D eigenvalue weighted by atomic mass is 16.1. The Balaban J connectivity index is 1.76. The third-order valence-electron chi connectivity index (χ3n) is 3.98. The summed E-state index contributed by atoms with van der Waals surface area (Å²) in [5.41, 5.74) is 6.38. The first-order chi connectivity index (χ1) is 9.29. The number of carbonyl (C=O) groups excluding carboxylic acids is 1. The van der Waals surface area contributed by atoms with Crippen molar-refractivity contribution in [3.8, 4) is 0 Å². The van der Waals surface area contributed by atoms with E-state index >= 15 is 0 Å². The Hall–Kier alpha value is -1.42. The van der Waals surface area contributed by atoms with E-state index in [2.05, 4.69) is 10.3 Å². The van der Waals surface area contributed by atoms with Crippen LogP contribution in [0.5, 0.6) is 0 Å². The summed E-state index contributed by atoms with van der Waals surface area (Å²) >= 11 is 0. The molecule has 1 aliphatic carbocycles. The van der Waals surface area contributed by atoms with Crippen molar-refractivity contribution >= 4 is 11.6 Å². The molecule has 0 spiro atoms. The number of hydrogen-bond donors (Lipinski definition) is 2. The summed E-state index contributed by atoms with van der Waals surface area (Å²) in [6.07, 6.45) is 10.0. The zero-order valence-corrected chi connectivity index (χ0v) is 11.3. The lowest BCUT2D eigenvalue weighted by atomic mass is 9.79. The maximum absolute atomic E-state index is 12.1. The van der Waals surface area contributed by atoms with Gasteiger partial charge in [-0.1, -0.05) is 0 Å². The second-order valence-corrected chi connectivity index (χ2v) is 5.37. The monoisotopic (exact) mass is 261 g/mol. The Morgan fingerprint density at radius 3 is 2.58 bits per heavy atom. The summed E-state index contributed by atoms with van der Waals surface area (Å²) in [6.45, 7) is 0.780. The topological polar surface area (TPSA) is 68.0 Å². The molecule has 0 saturated heterocycles. The first-order valence-electron chi connectivity index (χ1n) is 7.20. The van der Waals surface area contributed by atoms with Crippen molar-refractivity contribution < 1.29 is 4.79 Å². The van der Waals surface area contributed by atoms with Crippen LogP contribution in [0.1, 0.15) is 38.5 Å². The van der Waals surface area contributed by atoms with E-state index in [0.717, 1.165) is 50.3 Å². The molecule has 104 valence electrons. The van der Waals surface area contributed by atoms with Gasteiger partial charge in [0.05, 0.1) is 0 Å². The van der Waals surface area contributed by atoms with Crippen LogP contribution in [0.4, 0.5) is 5.69 Å². The fourth-order valence-corrected chi connectivity index (χ4v) is 2.80. The molecule has 1 saturated carbocycles. The van der Waals surface area contributed by atoms with Crippen molar-refractivity contribution in [2.75, 3.05) is 11.9 Å². The quantitative estimate of drug-likeness (QED) is 0.856. The van der Waals surface area contributed by atoms with Crippen molar-refractivity contribution in [1.29, 1.82) is 0 Å². The molecule has 2 rings (SSSR count). The molecule has 0 atom stereocenters. The van der Waals surface area contributed by atoms with Gasteiger partial charge in [-0.3, -0.25) is 9.78 Å². The minimum atomic E-state index is 0.156. The third-order valence-corrected chi connectivity index (χ3v) is 3.98. The summed E-state index contributed by atoms with van der Waals surface area (Å²) in [7, 11) is 0. The summed E-state index contributed by atoms with van der Waals surface area (Å²) < 4.78 is 0. The normalized spacial score (nSPS) is 23.0. The van der Waals surface area contributed by atoms with Crippen LogP contribution in [0.25, 0.3) is 0 Å². The van der Waals surface area contributed by atoms with Crippen LogP contribution < -0.4 is 11.1 Å². The van der Waals surface area contributed by atoms with Gasteiger partial charge in [-0.2, -0.15) is 0 Å². The van der Waals surface area contributed by atoms with Gasteiger partial charge in [-0.25, -0.2) is 0 Å². The lowest BCUT2D eigenvalue weighted by molar-refractivity contribution is -0.121. The Labute approximate surface area is 114 Å². The van der Waals surface area contributed by atoms with Gasteiger partial charge in [0.1, 0.15) is 0 Å². The highest BCUT2D eigenvalue weighted by molar-refractivity contribution is 5.92. The Bertz CT molecular complexity index is 386. The predicted molar refractivity (Wildman–Crippen MR) is 76.6 cm³/mol. The molecule has 0 radical (unpaired) electrons. The Morgan fingerprint density at radius 2 is 1.95 bits per heavy atom. The highest BCUT2D eigenvalue weighted by Gasteiger charge is 2.25. The average Bonchev–Trinajstić information content (AvgIpc) is 2.46. The molecule has 1 heterocycles. The number of nitrogens with zero attached hydrogens (tertiary/aromatic N) is 1. The second kappa shape index (κ2) is 7.24. The summed E-state index contributed by atoms with van der Waals surface area (Å²) in [6, 6.07) is 3.65. The molecule has 4 heteroatoms. The number of hydrogen-bond acceptors (Lipinski definition) is 3. The summed E-state index contributed by atoms with van der Waals surface area (Å²) in [4.78, 5) is 16.1. The molecule has 1 aromatic rings. The zero-order chi connectivity index (χ0) is 13.5. The molecule has 0 bridgehead atoms. The van der Waals surface area contributed by atoms with E-state index in [1.165, 1.54) is 6.42 Å². The Kier molecular flexibility index (Phi) is 5.33. The van der Waals surface area contributed by atoms with Crippen LogP contribution in [0, 0.1) is 11.8 Å². The average molecular weight is 261 g/mol. The number of nitrogens with two attached hydrogens (primary N) is 1. The van der Waals surface area contributed by atoms with Crippen molar-refractivity contribution in [2.45, 2.75) is 38.5 Å². The molecule has 0 aliphatic heterocycles. The zero-order valence-electron chi connectivity index (χ0n) is 11.3. The van der Waals surface area contributed by atoms with E-state index in [0.29, 0.717) is 0 Å². The summed E-state index contributed by atoms with van der Waals surface area (Å²) in [5.74, 6) is 1.10. The number of amides is 1. The first-order valence-corrected chi connectivity index (χ1v) is 7.20. The molecule has 3 N–H and O–H groups in total. The lowest BCUT2D eigenvalue weighted by Gasteiger charge is -2.27. The van der Waals surface area contributed by atoms with E-state index in [9.17, 15) is 4.79 Å². The lowest BCUT2D eigenvalue weighted by Crippen LogP contribution is -2.27. The van der Waals surface area contributed by atoms with Gasteiger partial charge in [0.2, 0.25) is 5.91 Å². The predicted octanol–water partition coefficient (Wildman–Crippen LogP) is 2.57. The van der Waals surface area contributed by atoms with E-state index in [1.54, 1.807) is 12.4 Å². The molecule has 4 nitrogen and oxygen atoms in total. The van der Waals surface area contributed by atoms with Crippen molar-refractivity contribution in [2.24, 2.45) is 17.6 Å². The van der Waals surface area contributed by atoms with Gasteiger partial charge in [0.15, 0.2) is 0 Å². The van der Waals surface area contributed by atoms with Gasteiger partial charge in [-0.15, -0.1) is 0 Å². The van der Waals surface area contributed by atoms with Crippen LogP contribution in [0.3, 0.4) is 0 Å². The third kappa shape index (κ3) is 4.31. The van der Waals surface area contributed by atoms with Crippen molar-refractivity contribution in [3.63, 3.8) is 0 Å². The molecular formula is C15H23N3O. The van der Waals surface area contributed by atoms with Gasteiger partial charge in [0, 0.05) is 24.0 Å². The molecule has 0 aromatic carbocycles. The molecule has 1 fully saturated rings. The summed E-state index contributed by atoms with van der Waals surface area (Å²) in [5, 5.41) is 2.97. The second-order valence-electron chi connectivity index (χ2n) is 5.37. The van der Waals surface area contributed by atoms with E-state index in [4.69, 9.17) is 5.73 Å². The number of pyridine rings is 1. The van der Waals surface area contributed by atoms with Crippen LogP contribution in [-0.4, -0.2) is 17.4 Å². The minimum Gasteiger partial charge on any atom is -0.330 e. The number of nitrogens with one attached hydrogen (secondary N) is 1. The molecule has 1 amide bonds. The standard InChI is InChI=1S/C15H23N3O/c16-9-1-2-12-3-5-13(6-4-12)15(19)18-14-7-10-17-11-8-14/h7-8,10-13H,1-6,9,16H2,(H,17,18,19)/t12-,13-. The highest BCUT2D eigenvalue weighted by Crippen LogP contribution is 2.32. The fourth-order valence-electron chi connectivity index (χ4n) is 2.80. The number of anilines is 1. The van der Waals surface area contributed by atoms with E-state index in [1.807, 2.05) is 12.1 Å². The van der Waals surface area contributed by atoms with Crippen molar-refractivity contribution in [3.05, 3.63) is 24.5 Å². The molecule has 1 aromatic heterocycles. The number of aromatic nitrogens is 1. The molecule has 1 aliphatic rings. The van der Waals surface area contributed by atoms with Crippen LogP contribution in [-0.2, 0) is 4.79 Å². The van der Waals surface area contributed by atoms with Crippen LogP contribution >= 0.6 is 0 Å². The number of rotatable bonds is 5. The fraction of sp³-hybridized carbons (Fsp3) is 0.600. The van der Waals surface area contributed by atoms with Gasteiger partial charge >= 0.3 is 0 Å². The van der Waals surface area contributed by atoms with Crippen molar-refractivity contribution in [1.82, 2.24) is 4.98 Å². The smallest absolute Gasteiger partial charge is 0.227 e. The SMILES string of the molecule is NCCC[C@H]1CC[C@H](C(=O)Nc2ccncc2)CC1. The largest absolute Gasteiger partial charge is 0.330 e.